The highest BCUT2D eigenvalue weighted by Crippen LogP contribution is 2.41. The fourth-order valence-corrected chi connectivity index (χ4v) is 6.30. The molecular weight excluding hydrogens is 555 g/mol. The molecule has 1 saturated heterocycles. The molecule has 41 heavy (non-hydrogen) atoms. The Morgan fingerprint density at radius 1 is 1.10 bits per heavy atom. The number of fused-ring (bicyclic) bond motifs is 1. The van der Waals surface area contributed by atoms with Crippen LogP contribution in [0, 0.1) is 11.8 Å². The van der Waals surface area contributed by atoms with Crippen LogP contribution in [0.5, 0.6) is 0 Å². The molecular formula is C28H34F3N7O2S. The van der Waals surface area contributed by atoms with Gasteiger partial charge in [-0.25, -0.2) is 4.52 Å². The Morgan fingerprint density at radius 3 is 2.59 bits per heavy atom. The summed E-state index contributed by atoms with van der Waals surface area (Å²) in [5, 5.41) is 25.6. The van der Waals surface area contributed by atoms with Crippen LogP contribution in [-0.2, 0) is 4.74 Å². The number of aliphatic hydroxyl groups excluding tert-OH is 1. The van der Waals surface area contributed by atoms with Crippen LogP contribution < -0.4 is 10.6 Å². The van der Waals surface area contributed by atoms with Crippen molar-refractivity contribution in [2.24, 2.45) is 0 Å². The van der Waals surface area contributed by atoms with E-state index in [-0.39, 0.29) is 34.9 Å². The van der Waals surface area contributed by atoms with Crippen molar-refractivity contribution in [2.45, 2.75) is 73.3 Å². The maximum atomic E-state index is 13.5. The number of aromatic nitrogens is 4. The lowest BCUT2D eigenvalue weighted by molar-refractivity contribution is -0.0327. The Hall–Kier alpha value is -2.76. The van der Waals surface area contributed by atoms with Crippen molar-refractivity contribution < 1.29 is 23.0 Å². The molecule has 13 heteroatoms. The number of ether oxygens (including phenoxy) is 1. The molecule has 3 aliphatic rings. The van der Waals surface area contributed by atoms with Gasteiger partial charge in [-0.2, -0.15) is 23.4 Å². The number of morpholine rings is 1. The van der Waals surface area contributed by atoms with Gasteiger partial charge in [0, 0.05) is 36.9 Å². The van der Waals surface area contributed by atoms with E-state index in [1.54, 1.807) is 24.5 Å². The second-order valence-electron chi connectivity index (χ2n) is 10.8. The van der Waals surface area contributed by atoms with Gasteiger partial charge in [0.15, 0.2) is 0 Å². The molecule has 0 radical (unpaired) electrons. The molecule has 3 aromatic heterocycles. The summed E-state index contributed by atoms with van der Waals surface area (Å²) in [6, 6.07) is 6.39. The lowest BCUT2D eigenvalue weighted by atomic mass is 9.90. The number of alkyl halides is 3. The molecule has 2 aliphatic carbocycles. The molecule has 0 spiro atoms. The first-order chi connectivity index (χ1) is 19.8. The Balaban J connectivity index is 1.14. The van der Waals surface area contributed by atoms with Gasteiger partial charge in [-0.3, -0.25) is 14.9 Å². The van der Waals surface area contributed by atoms with Gasteiger partial charge in [0.05, 0.1) is 42.4 Å². The average Bonchev–Trinajstić information content (AvgIpc) is 3.59. The van der Waals surface area contributed by atoms with Gasteiger partial charge in [-0.15, -0.1) is 0 Å². The lowest BCUT2D eigenvalue weighted by Crippen LogP contribution is -2.46. The zero-order valence-corrected chi connectivity index (χ0v) is 23.4. The molecule has 1 atom stereocenters. The third kappa shape index (κ3) is 7.01. The van der Waals surface area contributed by atoms with Crippen LogP contribution in [0.3, 0.4) is 0 Å². The summed E-state index contributed by atoms with van der Waals surface area (Å²) < 4.78 is 49.4. The summed E-state index contributed by atoms with van der Waals surface area (Å²) in [7, 11) is 0. The summed E-state index contributed by atoms with van der Waals surface area (Å²) in [4.78, 5) is 2.48. The zero-order valence-electron chi connectivity index (χ0n) is 22.6. The Kier molecular flexibility index (Phi) is 8.46. The van der Waals surface area contributed by atoms with Crippen molar-refractivity contribution >= 4 is 23.1 Å². The van der Waals surface area contributed by atoms with Crippen molar-refractivity contribution in [2.75, 3.05) is 38.2 Å². The molecule has 1 unspecified atom stereocenters. The van der Waals surface area contributed by atoms with Crippen LogP contribution in [0.15, 0.2) is 35.5 Å². The number of anilines is 1. The normalized spacial score (nSPS) is 22.8. The van der Waals surface area contributed by atoms with Crippen LogP contribution in [-0.4, -0.2) is 79.8 Å². The predicted octanol–water partition coefficient (Wildman–Crippen LogP) is 4.17. The number of nitrogens with one attached hydrogen (secondary N) is 2. The molecule has 0 bridgehead atoms. The van der Waals surface area contributed by atoms with E-state index in [2.05, 4.69) is 37.6 Å². The largest absolute Gasteiger partial charge is 0.446 e. The number of rotatable bonds is 8. The van der Waals surface area contributed by atoms with E-state index in [9.17, 15) is 18.3 Å². The van der Waals surface area contributed by atoms with Crippen LogP contribution in [0.4, 0.5) is 19.0 Å². The van der Waals surface area contributed by atoms with Crippen LogP contribution in [0.2, 0.25) is 0 Å². The van der Waals surface area contributed by atoms with Crippen LogP contribution >= 0.6 is 11.8 Å². The number of nitrogens with zero attached hydrogens (tertiary/aromatic N) is 5. The van der Waals surface area contributed by atoms with E-state index in [1.807, 2.05) is 10.7 Å². The standard InChI is InChI=1S/C28H34F3N7O2S/c29-28(30,31)41-26-23(3-2-12-32-27(39)19-17-33-37(18-19)22-10-11-22)35-38-24(26)4-1-5-25(38)34-20-6-8-21(9-7-20)36-13-15-40-16-14-36/h1,4-5,17-18,20-22,27,32,34,39H,6-16H2. The summed E-state index contributed by atoms with van der Waals surface area (Å²) in [6.45, 7) is 3.57. The van der Waals surface area contributed by atoms with Gasteiger partial charge in [-0.1, -0.05) is 12.0 Å². The molecule has 9 nitrogen and oxygen atoms in total. The van der Waals surface area contributed by atoms with Crippen molar-refractivity contribution in [1.29, 1.82) is 0 Å². The summed E-state index contributed by atoms with van der Waals surface area (Å²) in [5.41, 5.74) is -3.47. The van der Waals surface area contributed by atoms with Crippen molar-refractivity contribution in [3.05, 3.63) is 41.9 Å². The molecule has 220 valence electrons. The third-order valence-corrected chi connectivity index (χ3v) is 8.73. The minimum absolute atomic E-state index is 0.0315. The first kappa shape index (κ1) is 28.4. The minimum atomic E-state index is -4.49. The highest BCUT2D eigenvalue weighted by Gasteiger charge is 2.33. The number of hydrogen-bond donors (Lipinski definition) is 3. The van der Waals surface area contributed by atoms with Crippen LogP contribution in [0.25, 0.3) is 5.52 Å². The Morgan fingerprint density at radius 2 is 1.85 bits per heavy atom. The summed E-state index contributed by atoms with van der Waals surface area (Å²) in [5.74, 6) is 6.28. The number of pyridine rings is 1. The summed E-state index contributed by atoms with van der Waals surface area (Å²) in [6.07, 6.45) is 8.68. The van der Waals surface area contributed by atoms with Crippen LogP contribution in [0.1, 0.15) is 62.1 Å². The van der Waals surface area contributed by atoms with Crippen molar-refractivity contribution in [3.8, 4) is 11.8 Å². The lowest BCUT2D eigenvalue weighted by Gasteiger charge is -2.39. The van der Waals surface area contributed by atoms with Gasteiger partial charge in [0.2, 0.25) is 0 Å². The molecule has 6 rings (SSSR count). The second kappa shape index (κ2) is 12.2. The number of thioether (sulfide) groups is 1. The Labute approximate surface area is 240 Å². The average molecular weight is 590 g/mol. The zero-order chi connectivity index (χ0) is 28.4. The second-order valence-corrected chi connectivity index (χ2v) is 11.9. The van der Waals surface area contributed by atoms with E-state index in [1.165, 1.54) is 4.52 Å². The number of halogens is 3. The van der Waals surface area contributed by atoms with E-state index in [4.69, 9.17) is 4.74 Å². The SMILES string of the molecule is OC(NCC#Cc1nn2c(NC3CCC(N4CCOCC4)CC3)cccc2c1SC(F)(F)F)c1cnn(C2CC2)c1. The van der Waals surface area contributed by atoms with E-state index in [0.29, 0.717) is 29.0 Å². The van der Waals surface area contributed by atoms with E-state index < -0.39 is 11.7 Å². The van der Waals surface area contributed by atoms with Gasteiger partial charge in [0.25, 0.3) is 0 Å². The molecule has 2 saturated carbocycles. The molecule has 1 aliphatic heterocycles. The fraction of sp³-hybridized carbons (Fsp3) is 0.571. The maximum Gasteiger partial charge on any atom is 0.446 e. The van der Waals surface area contributed by atoms with Gasteiger partial charge < -0.3 is 15.2 Å². The molecule has 0 aromatic carbocycles. The van der Waals surface area contributed by atoms with Gasteiger partial charge in [0.1, 0.15) is 17.7 Å². The molecule has 4 heterocycles. The number of hydrogen-bond acceptors (Lipinski definition) is 8. The van der Waals surface area contributed by atoms with Gasteiger partial charge in [-0.05, 0) is 68.3 Å². The highest BCUT2D eigenvalue weighted by molar-refractivity contribution is 8.00. The smallest absolute Gasteiger partial charge is 0.379 e. The molecule has 3 fully saturated rings. The maximum absolute atomic E-state index is 13.5. The monoisotopic (exact) mass is 589 g/mol. The van der Waals surface area contributed by atoms with E-state index >= 15 is 0 Å². The summed E-state index contributed by atoms with van der Waals surface area (Å²) >= 11 is -0.203. The Bertz CT molecular complexity index is 1400. The quantitative estimate of drug-likeness (QED) is 0.205. The van der Waals surface area contributed by atoms with Crippen molar-refractivity contribution in [1.82, 2.24) is 29.6 Å². The third-order valence-electron chi connectivity index (χ3n) is 7.89. The van der Waals surface area contributed by atoms with Crippen molar-refractivity contribution in [3.63, 3.8) is 0 Å². The molecule has 3 aromatic rings. The first-order valence-electron chi connectivity index (χ1n) is 14.1. The molecule has 3 N–H and O–H groups in total. The van der Waals surface area contributed by atoms with E-state index in [0.717, 1.165) is 64.8 Å². The predicted molar refractivity (Wildman–Crippen MR) is 150 cm³/mol. The fourth-order valence-electron chi connectivity index (χ4n) is 5.62. The number of aliphatic hydroxyl groups is 1. The first-order valence-corrected chi connectivity index (χ1v) is 15.0. The minimum Gasteiger partial charge on any atom is -0.379 e. The highest BCUT2D eigenvalue weighted by atomic mass is 32.2. The topological polar surface area (TPSA) is 91.9 Å². The molecule has 0 amide bonds. The van der Waals surface area contributed by atoms with Gasteiger partial charge >= 0.3 is 5.51 Å².